The molecule has 0 aliphatic heterocycles. The zero-order valence-electron chi connectivity index (χ0n) is 11.0. The van der Waals surface area contributed by atoms with Gasteiger partial charge in [0.25, 0.3) is 0 Å². The molecule has 0 fully saturated rings. The predicted octanol–water partition coefficient (Wildman–Crippen LogP) is 3.59. The highest BCUT2D eigenvalue weighted by atomic mass is 16.3. The Hall–Kier alpha value is -1.28. The van der Waals surface area contributed by atoms with Crippen molar-refractivity contribution < 1.29 is 4.42 Å². The molecule has 0 aliphatic rings. The van der Waals surface area contributed by atoms with Crippen LogP contribution in [0.15, 0.2) is 22.8 Å². The summed E-state index contributed by atoms with van der Waals surface area (Å²) < 4.78 is 5.66. The maximum absolute atomic E-state index is 5.66. The van der Waals surface area contributed by atoms with Gasteiger partial charge in [-0.3, -0.25) is 0 Å². The van der Waals surface area contributed by atoms with E-state index in [1.807, 2.05) is 6.26 Å². The SMILES string of the molecule is CCCNCCc1coc2c(C)cc(C)cc12. The summed E-state index contributed by atoms with van der Waals surface area (Å²) in [5.41, 5.74) is 4.89. The Morgan fingerprint density at radius 1 is 1.18 bits per heavy atom. The molecule has 1 aromatic carbocycles. The lowest BCUT2D eigenvalue weighted by Gasteiger charge is -2.02. The molecule has 1 heterocycles. The molecule has 0 spiro atoms. The predicted molar refractivity (Wildman–Crippen MR) is 72.6 cm³/mol. The number of nitrogens with one attached hydrogen (secondary N) is 1. The summed E-state index contributed by atoms with van der Waals surface area (Å²) >= 11 is 0. The van der Waals surface area contributed by atoms with Crippen LogP contribution in [0.1, 0.15) is 30.0 Å². The van der Waals surface area contributed by atoms with E-state index in [4.69, 9.17) is 4.42 Å². The highest BCUT2D eigenvalue weighted by Gasteiger charge is 2.08. The summed E-state index contributed by atoms with van der Waals surface area (Å²) in [5, 5.41) is 4.70. The van der Waals surface area contributed by atoms with Gasteiger partial charge in [0.15, 0.2) is 0 Å². The second kappa shape index (κ2) is 5.37. The number of aryl methyl sites for hydroxylation is 2. The van der Waals surface area contributed by atoms with Crippen LogP contribution >= 0.6 is 0 Å². The number of hydrogen-bond donors (Lipinski definition) is 1. The van der Waals surface area contributed by atoms with Gasteiger partial charge in [0, 0.05) is 5.39 Å². The molecule has 2 aromatic rings. The van der Waals surface area contributed by atoms with Crippen LogP contribution in [0.3, 0.4) is 0 Å². The van der Waals surface area contributed by atoms with Gasteiger partial charge in [0.05, 0.1) is 6.26 Å². The van der Waals surface area contributed by atoms with Crippen LogP contribution in [0.2, 0.25) is 0 Å². The normalized spacial score (nSPS) is 11.2. The third-order valence-corrected chi connectivity index (χ3v) is 3.08. The van der Waals surface area contributed by atoms with Gasteiger partial charge >= 0.3 is 0 Å². The maximum atomic E-state index is 5.66. The molecule has 0 aliphatic carbocycles. The minimum absolute atomic E-state index is 1.02. The first-order chi connectivity index (χ1) is 8.22. The first kappa shape index (κ1) is 12.2. The molecule has 0 amide bonds. The molecule has 92 valence electrons. The minimum Gasteiger partial charge on any atom is -0.464 e. The van der Waals surface area contributed by atoms with Crippen molar-refractivity contribution in [2.45, 2.75) is 33.6 Å². The minimum atomic E-state index is 1.02. The Morgan fingerprint density at radius 2 is 2.00 bits per heavy atom. The highest BCUT2D eigenvalue weighted by molar-refractivity contribution is 5.84. The second-order valence-corrected chi connectivity index (χ2v) is 4.72. The first-order valence-corrected chi connectivity index (χ1v) is 6.40. The summed E-state index contributed by atoms with van der Waals surface area (Å²) in [6.45, 7) is 8.55. The fourth-order valence-electron chi connectivity index (χ4n) is 2.26. The molecule has 2 nitrogen and oxygen atoms in total. The third kappa shape index (κ3) is 2.70. The quantitative estimate of drug-likeness (QED) is 0.795. The Balaban J connectivity index is 2.18. The second-order valence-electron chi connectivity index (χ2n) is 4.72. The highest BCUT2D eigenvalue weighted by Crippen LogP contribution is 2.25. The Morgan fingerprint density at radius 3 is 2.76 bits per heavy atom. The van der Waals surface area contributed by atoms with Gasteiger partial charge in [-0.15, -0.1) is 0 Å². The number of rotatable bonds is 5. The van der Waals surface area contributed by atoms with Crippen molar-refractivity contribution in [1.82, 2.24) is 5.32 Å². The molecule has 0 saturated heterocycles. The molecular weight excluding hydrogens is 210 g/mol. The molecule has 2 heteroatoms. The van der Waals surface area contributed by atoms with Crippen LogP contribution in [0, 0.1) is 13.8 Å². The molecule has 0 unspecified atom stereocenters. The monoisotopic (exact) mass is 231 g/mol. The van der Waals surface area contributed by atoms with E-state index in [0.29, 0.717) is 0 Å². The average molecular weight is 231 g/mol. The number of hydrogen-bond acceptors (Lipinski definition) is 2. The van der Waals surface area contributed by atoms with Crippen LogP contribution in [0.4, 0.5) is 0 Å². The molecule has 1 N–H and O–H groups in total. The summed E-state index contributed by atoms with van der Waals surface area (Å²) in [7, 11) is 0. The number of fused-ring (bicyclic) bond motifs is 1. The molecular formula is C15H21NO. The Kier molecular flexibility index (Phi) is 3.85. The zero-order valence-corrected chi connectivity index (χ0v) is 11.0. The smallest absolute Gasteiger partial charge is 0.137 e. The summed E-state index contributed by atoms with van der Waals surface area (Å²) in [6.07, 6.45) is 4.13. The average Bonchev–Trinajstić information content (AvgIpc) is 2.68. The summed E-state index contributed by atoms with van der Waals surface area (Å²) in [4.78, 5) is 0. The van der Waals surface area contributed by atoms with E-state index < -0.39 is 0 Å². The van der Waals surface area contributed by atoms with E-state index in [1.54, 1.807) is 0 Å². The molecule has 17 heavy (non-hydrogen) atoms. The van der Waals surface area contributed by atoms with Crippen molar-refractivity contribution >= 4 is 11.0 Å². The topological polar surface area (TPSA) is 25.2 Å². The fourth-order valence-corrected chi connectivity index (χ4v) is 2.26. The summed E-state index contributed by atoms with van der Waals surface area (Å²) in [5.74, 6) is 0. The lowest BCUT2D eigenvalue weighted by atomic mass is 10.0. The number of furan rings is 1. The fraction of sp³-hybridized carbons (Fsp3) is 0.467. The van der Waals surface area contributed by atoms with E-state index in [-0.39, 0.29) is 0 Å². The van der Waals surface area contributed by atoms with E-state index in [1.165, 1.54) is 28.5 Å². The molecule has 0 radical (unpaired) electrons. The largest absolute Gasteiger partial charge is 0.464 e. The lowest BCUT2D eigenvalue weighted by Crippen LogP contribution is -2.17. The van der Waals surface area contributed by atoms with E-state index >= 15 is 0 Å². The van der Waals surface area contributed by atoms with Crippen molar-refractivity contribution in [2.75, 3.05) is 13.1 Å². The van der Waals surface area contributed by atoms with Crippen molar-refractivity contribution in [2.24, 2.45) is 0 Å². The molecule has 0 bridgehead atoms. The molecule has 0 atom stereocenters. The molecule has 1 aromatic heterocycles. The van der Waals surface area contributed by atoms with Crippen molar-refractivity contribution in [3.8, 4) is 0 Å². The van der Waals surface area contributed by atoms with Gasteiger partial charge in [-0.25, -0.2) is 0 Å². The van der Waals surface area contributed by atoms with Gasteiger partial charge < -0.3 is 9.73 Å². The van der Waals surface area contributed by atoms with Crippen LogP contribution < -0.4 is 5.32 Å². The van der Waals surface area contributed by atoms with E-state index in [2.05, 4.69) is 38.2 Å². The maximum Gasteiger partial charge on any atom is 0.137 e. The lowest BCUT2D eigenvalue weighted by molar-refractivity contribution is 0.603. The Bertz CT molecular complexity index is 499. The Labute approximate surface area is 103 Å². The van der Waals surface area contributed by atoms with Crippen LogP contribution in [0.25, 0.3) is 11.0 Å². The number of benzene rings is 1. The van der Waals surface area contributed by atoms with E-state index in [0.717, 1.165) is 25.1 Å². The summed E-state index contributed by atoms with van der Waals surface area (Å²) in [6, 6.07) is 4.39. The van der Waals surface area contributed by atoms with Gasteiger partial charge in [-0.05, 0) is 62.5 Å². The van der Waals surface area contributed by atoms with Crippen molar-refractivity contribution in [3.63, 3.8) is 0 Å². The van der Waals surface area contributed by atoms with Gasteiger partial charge in [-0.1, -0.05) is 13.0 Å². The van der Waals surface area contributed by atoms with Gasteiger partial charge in [0.1, 0.15) is 5.58 Å². The first-order valence-electron chi connectivity index (χ1n) is 6.40. The van der Waals surface area contributed by atoms with Crippen LogP contribution in [-0.2, 0) is 6.42 Å². The van der Waals surface area contributed by atoms with Crippen molar-refractivity contribution in [1.29, 1.82) is 0 Å². The zero-order chi connectivity index (χ0) is 12.3. The molecule has 0 saturated carbocycles. The third-order valence-electron chi connectivity index (χ3n) is 3.08. The standard InChI is InChI=1S/C15H21NO/c1-4-6-16-7-5-13-10-17-15-12(3)8-11(2)9-14(13)15/h8-10,16H,4-7H2,1-3H3. The van der Waals surface area contributed by atoms with Crippen LogP contribution in [-0.4, -0.2) is 13.1 Å². The van der Waals surface area contributed by atoms with Crippen molar-refractivity contribution in [3.05, 3.63) is 35.1 Å². The van der Waals surface area contributed by atoms with E-state index in [9.17, 15) is 0 Å². The van der Waals surface area contributed by atoms with Crippen LogP contribution in [0.5, 0.6) is 0 Å². The van der Waals surface area contributed by atoms with Gasteiger partial charge in [-0.2, -0.15) is 0 Å². The molecule has 2 rings (SSSR count). The van der Waals surface area contributed by atoms with Gasteiger partial charge in [0.2, 0.25) is 0 Å².